The molecule has 3 nitrogen and oxygen atoms in total. The average Bonchev–Trinajstić information content (AvgIpc) is 3.03. The van der Waals surface area contributed by atoms with Gasteiger partial charge in [-0.15, -0.1) is 0 Å². The smallest absolute Gasteiger partial charge is 0.0809 e. The fraction of sp³-hybridized carbons (Fsp3) is 1.00. The number of nitrogens with one attached hydrogen (secondary N) is 1. The van der Waals surface area contributed by atoms with Gasteiger partial charge in [0.25, 0.3) is 0 Å². The summed E-state index contributed by atoms with van der Waals surface area (Å²) in [7, 11) is 0. The summed E-state index contributed by atoms with van der Waals surface area (Å²) in [6.45, 7) is 6.05. The van der Waals surface area contributed by atoms with Gasteiger partial charge in [0.05, 0.1) is 12.7 Å². The first-order valence-electron chi connectivity index (χ1n) is 7.83. The van der Waals surface area contributed by atoms with Crippen molar-refractivity contribution in [3.8, 4) is 0 Å². The maximum Gasteiger partial charge on any atom is 0.0809 e. The maximum absolute atomic E-state index is 5.78. The van der Waals surface area contributed by atoms with E-state index in [-0.39, 0.29) is 0 Å². The Kier molecular flexibility index (Phi) is 6.46. The Morgan fingerprint density at radius 3 is 2.94 bits per heavy atom. The fourth-order valence-corrected chi connectivity index (χ4v) is 3.21. The quantitative estimate of drug-likeness (QED) is 0.677. The van der Waals surface area contributed by atoms with Crippen LogP contribution in [0.1, 0.15) is 51.9 Å². The van der Waals surface area contributed by atoms with Gasteiger partial charge in [0.2, 0.25) is 0 Å². The molecule has 0 radical (unpaired) electrons. The zero-order valence-electron chi connectivity index (χ0n) is 11.8. The van der Waals surface area contributed by atoms with Crippen molar-refractivity contribution in [2.45, 2.75) is 64.0 Å². The van der Waals surface area contributed by atoms with Crippen LogP contribution in [0.4, 0.5) is 0 Å². The molecule has 3 unspecified atom stereocenters. The van der Waals surface area contributed by atoms with Crippen LogP contribution in [0, 0.1) is 5.92 Å². The molecule has 3 atom stereocenters. The summed E-state index contributed by atoms with van der Waals surface area (Å²) in [4.78, 5) is 0. The lowest BCUT2D eigenvalue weighted by atomic mass is 10.00. The Bertz CT molecular complexity index is 217. The molecule has 1 N–H and O–H groups in total. The molecule has 3 heteroatoms. The van der Waals surface area contributed by atoms with Gasteiger partial charge in [-0.2, -0.15) is 0 Å². The molecule has 18 heavy (non-hydrogen) atoms. The number of rotatable bonds is 8. The Balaban J connectivity index is 1.54. The highest BCUT2D eigenvalue weighted by atomic mass is 16.5. The predicted octanol–water partition coefficient (Wildman–Crippen LogP) is 2.74. The molecule has 2 rings (SSSR count). The van der Waals surface area contributed by atoms with Crippen molar-refractivity contribution in [1.29, 1.82) is 0 Å². The molecule has 2 aliphatic rings. The SMILES string of the molecule is CCCNC1CCCC1CCOCC1CCCO1. The zero-order valence-corrected chi connectivity index (χ0v) is 11.8. The van der Waals surface area contributed by atoms with Crippen LogP contribution >= 0.6 is 0 Å². The summed E-state index contributed by atoms with van der Waals surface area (Å²) in [6, 6.07) is 0.747. The van der Waals surface area contributed by atoms with Crippen LogP contribution in [-0.4, -0.2) is 38.5 Å². The first kappa shape index (κ1) is 14.3. The van der Waals surface area contributed by atoms with Crippen LogP contribution in [-0.2, 0) is 9.47 Å². The van der Waals surface area contributed by atoms with E-state index in [4.69, 9.17) is 9.47 Å². The van der Waals surface area contributed by atoms with Gasteiger partial charge in [0, 0.05) is 19.3 Å². The first-order chi connectivity index (χ1) is 8.90. The second kappa shape index (κ2) is 8.13. The minimum atomic E-state index is 0.377. The second-order valence-electron chi connectivity index (χ2n) is 5.75. The van der Waals surface area contributed by atoms with Gasteiger partial charge in [0.1, 0.15) is 0 Å². The van der Waals surface area contributed by atoms with E-state index in [9.17, 15) is 0 Å². The van der Waals surface area contributed by atoms with Crippen LogP contribution in [0.5, 0.6) is 0 Å². The molecule has 1 saturated carbocycles. The average molecular weight is 255 g/mol. The molecule has 0 amide bonds. The Labute approximate surface area is 112 Å². The monoisotopic (exact) mass is 255 g/mol. The molecule has 0 spiro atoms. The lowest BCUT2D eigenvalue weighted by Gasteiger charge is -2.21. The highest BCUT2D eigenvalue weighted by Crippen LogP contribution is 2.28. The van der Waals surface area contributed by atoms with Gasteiger partial charge in [-0.25, -0.2) is 0 Å². The molecule has 0 aromatic heterocycles. The molecule has 1 saturated heterocycles. The third-order valence-corrected chi connectivity index (χ3v) is 4.28. The van der Waals surface area contributed by atoms with E-state index in [2.05, 4.69) is 12.2 Å². The van der Waals surface area contributed by atoms with Crippen molar-refractivity contribution in [3.63, 3.8) is 0 Å². The summed E-state index contributed by atoms with van der Waals surface area (Å²) >= 11 is 0. The third kappa shape index (κ3) is 4.52. The molecule has 0 aromatic rings. The molecule has 0 aromatic carbocycles. The minimum Gasteiger partial charge on any atom is -0.379 e. The van der Waals surface area contributed by atoms with Gasteiger partial charge < -0.3 is 14.8 Å². The van der Waals surface area contributed by atoms with Gasteiger partial charge in [-0.3, -0.25) is 0 Å². The van der Waals surface area contributed by atoms with E-state index in [0.717, 1.165) is 38.3 Å². The van der Waals surface area contributed by atoms with Gasteiger partial charge in [-0.1, -0.05) is 13.3 Å². The number of ether oxygens (including phenoxy) is 2. The van der Waals surface area contributed by atoms with E-state index in [1.807, 2.05) is 0 Å². The fourth-order valence-electron chi connectivity index (χ4n) is 3.21. The molecule has 1 heterocycles. The van der Waals surface area contributed by atoms with Gasteiger partial charge in [-0.05, 0) is 51.0 Å². The van der Waals surface area contributed by atoms with Crippen molar-refractivity contribution < 1.29 is 9.47 Å². The molecule has 1 aliphatic heterocycles. The van der Waals surface area contributed by atoms with E-state index >= 15 is 0 Å². The molecule has 0 bridgehead atoms. The summed E-state index contributed by atoms with van der Waals surface area (Å²) < 4.78 is 11.3. The van der Waals surface area contributed by atoms with Crippen molar-refractivity contribution in [2.75, 3.05) is 26.4 Å². The highest BCUT2D eigenvalue weighted by Gasteiger charge is 2.26. The van der Waals surface area contributed by atoms with Crippen molar-refractivity contribution in [1.82, 2.24) is 5.32 Å². The Morgan fingerprint density at radius 2 is 2.17 bits per heavy atom. The van der Waals surface area contributed by atoms with E-state index in [1.54, 1.807) is 0 Å². The number of hydrogen-bond donors (Lipinski definition) is 1. The van der Waals surface area contributed by atoms with Crippen LogP contribution in [0.15, 0.2) is 0 Å². The highest BCUT2D eigenvalue weighted by molar-refractivity contribution is 4.82. The number of hydrogen-bond acceptors (Lipinski definition) is 3. The maximum atomic E-state index is 5.78. The van der Waals surface area contributed by atoms with Crippen LogP contribution in [0.25, 0.3) is 0 Å². The van der Waals surface area contributed by atoms with E-state index in [0.29, 0.717) is 6.10 Å². The lowest BCUT2D eigenvalue weighted by Crippen LogP contribution is -2.33. The molecular weight excluding hydrogens is 226 g/mol. The topological polar surface area (TPSA) is 30.5 Å². The van der Waals surface area contributed by atoms with Crippen molar-refractivity contribution >= 4 is 0 Å². The van der Waals surface area contributed by atoms with Crippen molar-refractivity contribution in [3.05, 3.63) is 0 Å². The van der Waals surface area contributed by atoms with Crippen molar-refractivity contribution in [2.24, 2.45) is 5.92 Å². The van der Waals surface area contributed by atoms with Crippen LogP contribution in [0.2, 0.25) is 0 Å². The summed E-state index contributed by atoms with van der Waals surface area (Å²) in [6.07, 6.45) is 9.35. The largest absolute Gasteiger partial charge is 0.379 e. The zero-order chi connectivity index (χ0) is 12.6. The van der Waals surface area contributed by atoms with Gasteiger partial charge >= 0.3 is 0 Å². The lowest BCUT2D eigenvalue weighted by molar-refractivity contribution is 0.0127. The minimum absolute atomic E-state index is 0.377. The van der Waals surface area contributed by atoms with Gasteiger partial charge in [0.15, 0.2) is 0 Å². The summed E-state index contributed by atoms with van der Waals surface area (Å²) in [5, 5.41) is 3.68. The molecule has 2 fully saturated rings. The predicted molar refractivity (Wildman–Crippen MR) is 73.8 cm³/mol. The molecule has 106 valence electrons. The van der Waals surface area contributed by atoms with E-state index < -0.39 is 0 Å². The van der Waals surface area contributed by atoms with E-state index in [1.165, 1.54) is 44.9 Å². The third-order valence-electron chi connectivity index (χ3n) is 4.28. The summed E-state index contributed by atoms with van der Waals surface area (Å²) in [5.74, 6) is 0.834. The summed E-state index contributed by atoms with van der Waals surface area (Å²) in [5.41, 5.74) is 0. The molecular formula is C15H29NO2. The molecule has 1 aliphatic carbocycles. The normalized spacial score (nSPS) is 32.2. The Hall–Kier alpha value is -0.120. The van der Waals surface area contributed by atoms with Crippen LogP contribution in [0.3, 0.4) is 0 Å². The first-order valence-corrected chi connectivity index (χ1v) is 7.83. The Morgan fingerprint density at radius 1 is 1.22 bits per heavy atom. The standard InChI is InChI=1S/C15H29NO2/c1-2-9-16-15-7-3-5-13(15)8-11-17-12-14-6-4-10-18-14/h13-16H,2-12H2,1H3. The van der Waals surface area contributed by atoms with Crippen LogP contribution < -0.4 is 5.32 Å². The second-order valence-corrected chi connectivity index (χ2v) is 5.75.